The van der Waals surface area contributed by atoms with Gasteiger partial charge in [-0.25, -0.2) is 8.78 Å². The van der Waals surface area contributed by atoms with Crippen molar-refractivity contribution >= 4 is 17.6 Å². The Kier molecular flexibility index (Phi) is 9.34. The first-order valence-corrected chi connectivity index (χ1v) is 15.8. The Bertz CT molecular complexity index is 1450. The lowest BCUT2D eigenvalue weighted by Crippen LogP contribution is -2.53. The van der Waals surface area contributed by atoms with Gasteiger partial charge in [-0.3, -0.25) is 14.5 Å². The Morgan fingerprint density at radius 2 is 1.57 bits per heavy atom. The second kappa shape index (κ2) is 12.7. The minimum Gasteiger partial charge on any atom is -0.497 e. The monoisotopic (exact) mass is 651 g/mol. The number of benzene rings is 2. The van der Waals surface area contributed by atoms with Crippen molar-refractivity contribution in [1.82, 2.24) is 9.80 Å². The van der Waals surface area contributed by atoms with E-state index in [4.69, 9.17) is 4.74 Å². The number of carboxylic acids is 1. The van der Waals surface area contributed by atoms with Crippen molar-refractivity contribution in [2.75, 3.05) is 51.3 Å². The number of carbonyl (C=O) groups is 2. The molecule has 0 spiro atoms. The van der Waals surface area contributed by atoms with Gasteiger partial charge in [-0.15, -0.1) is 0 Å². The van der Waals surface area contributed by atoms with Gasteiger partial charge >= 0.3 is 12.1 Å². The van der Waals surface area contributed by atoms with Gasteiger partial charge in [0.15, 0.2) is 0 Å². The van der Waals surface area contributed by atoms with Crippen molar-refractivity contribution in [1.29, 1.82) is 0 Å². The lowest BCUT2D eigenvalue weighted by atomic mass is 9.83. The highest BCUT2D eigenvalue weighted by Gasteiger charge is 2.57. The van der Waals surface area contributed by atoms with E-state index in [-0.39, 0.29) is 37.7 Å². The minimum atomic E-state index is -4.54. The van der Waals surface area contributed by atoms with Crippen LogP contribution in [-0.4, -0.2) is 84.4 Å². The van der Waals surface area contributed by atoms with Gasteiger partial charge in [-0.05, 0) is 81.7 Å². The molecule has 1 N–H and O–H groups in total. The first-order chi connectivity index (χ1) is 21.5. The molecule has 46 heavy (non-hydrogen) atoms. The molecule has 0 saturated carbocycles. The van der Waals surface area contributed by atoms with Crippen LogP contribution in [0.25, 0.3) is 0 Å². The fraction of sp³-hybridized carbons (Fsp3) is 0.588. The third kappa shape index (κ3) is 6.68. The summed E-state index contributed by atoms with van der Waals surface area (Å²) in [4.78, 5) is 30.6. The summed E-state index contributed by atoms with van der Waals surface area (Å²) in [5.74, 6) is -3.73. The normalized spacial score (nSPS) is 24.0. The van der Waals surface area contributed by atoms with Gasteiger partial charge in [0.05, 0.1) is 18.6 Å². The fourth-order valence-electron chi connectivity index (χ4n) is 7.17. The summed E-state index contributed by atoms with van der Waals surface area (Å²) in [5.41, 5.74) is -2.39. The molecule has 252 valence electrons. The van der Waals surface area contributed by atoms with Gasteiger partial charge in [0.1, 0.15) is 11.6 Å². The van der Waals surface area contributed by atoms with Gasteiger partial charge < -0.3 is 19.6 Å². The highest BCUT2D eigenvalue weighted by Crippen LogP contribution is 2.46. The van der Waals surface area contributed by atoms with Crippen molar-refractivity contribution in [2.45, 2.75) is 75.7 Å². The number of methoxy groups -OCH3 is 1. The maximum atomic E-state index is 17.2. The molecule has 0 bridgehead atoms. The van der Waals surface area contributed by atoms with Crippen molar-refractivity contribution in [2.24, 2.45) is 5.92 Å². The number of rotatable bonds is 6. The molecule has 3 aliphatic rings. The van der Waals surface area contributed by atoms with Crippen LogP contribution in [0, 0.1) is 11.7 Å². The second-order valence-corrected chi connectivity index (χ2v) is 13.8. The van der Waals surface area contributed by atoms with E-state index in [2.05, 4.69) is 0 Å². The van der Waals surface area contributed by atoms with Crippen molar-refractivity contribution in [3.63, 3.8) is 0 Å². The molecule has 3 fully saturated rings. The number of hydrogen-bond donors (Lipinski definition) is 1. The van der Waals surface area contributed by atoms with Crippen molar-refractivity contribution in [3.05, 3.63) is 58.9 Å². The predicted molar refractivity (Wildman–Crippen MR) is 163 cm³/mol. The van der Waals surface area contributed by atoms with Crippen LogP contribution in [0.5, 0.6) is 5.75 Å². The van der Waals surface area contributed by atoms with Crippen LogP contribution in [0.2, 0.25) is 0 Å². The summed E-state index contributed by atoms with van der Waals surface area (Å²) < 4.78 is 78.7. The van der Waals surface area contributed by atoms with Crippen LogP contribution in [-0.2, 0) is 15.8 Å². The Morgan fingerprint density at radius 3 is 2.11 bits per heavy atom. The summed E-state index contributed by atoms with van der Waals surface area (Å²) in [5, 5.41) is 9.39. The topological polar surface area (TPSA) is 73.3 Å². The van der Waals surface area contributed by atoms with Gasteiger partial charge in [0.2, 0.25) is 5.67 Å². The zero-order chi connectivity index (χ0) is 33.6. The molecule has 2 aromatic rings. The second-order valence-electron chi connectivity index (χ2n) is 13.8. The molecule has 2 atom stereocenters. The Labute approximate surface area is 266 Å². The van der Waals surface area contributed by atoms with Crippen molar-refractivity contribution < 1.29 is 41.4 Å². The molecule has 7 nitrogen and oxygen atoms in total. The van der Waals surface area contributed by atoms with E-state index in [0.29, 0.717) is 55.8 Å². The summed E-state index contributed by atoms with van der Waals surface area (Å²) >= 11 is 0. The molecule has 0 aliphatic carbocycles. The number of nitrogens with zero attached hydrogens (tertiary/aromatic N) is 3. The SMILES string of the molecule is COc1ccc([C@@H]2CN(C(C)(C)C)C[C@@]2(F)C(=O)N2CCC(c3ccc(C(F)(F)F)cc3N3CCC(C(=O)O)CC3)CC2)c(F)c1. The molecule has 3 heterocycles. The van der Waals surface area contributed by atoms with Crippen LogP contribution >= 0.6 is 0 Å². The lowest BCUT2D eigenvalue weighted by Gasteiger charge is -2.39. The average molecular weight is 652 g/mol. The number of likely N-dealkylation sites (tertiary alicyclic amines) is 2. The van der Waals surface area contributed by atoms with E-state index < -0.39 is 52.5 Å². The van der Waals surface area contributed by atoms with Crippen molar-refractivity contribution in [3.8, 4) is 5.75 Å². The first-order valence-electron chi connectivity index (χ1n) is 15.8. The zero-order valence-corrected chi connectivity index (χ0v) is 26.7. The molecule has 0 unspecified atom stereocenters. The van der Waals surface area contributed by atoms with Crippen LogP contribution < -0.4 is 9.64 Å². The number of hydrogen-bond acceptors (Lipinski definition) is 5. The van der Waals surface area contributed by atoms with Gasteiger partial charge in [0.25, 0.3) is 5.91 Å². The Hall–Kier alpha value is -3.41. The number of carboxylic acid groups (broad SMARTS) is 1. The fourth-order valence-corrected chi connectivity index (χ4v) is 7.17. The highest BCUT2D eigenvalue weighted by atomic mass is 19.4. The lowest BCUT2D eigenvalue weighted by molar-refractivity contribution is -0.145. The number of amides is 1. The molecule has 5 rings (SSSR count). The molecule has 3 aliphatic heterocycles. The zero-order valence-electron chi connectivity index (χ0n) is 26.7. The summed E-state index contributed by atoms with van der Waals surface area (Å²) in [6.07, 6.45) is -3.05. The van der Waals surface area contributed by atoms with Gasteiger partial charge in [-0.2, -0.15) is 13.2 Å². The summed E-state index contributed by atoms with van der Waals surface area (Å²) in [7, 11) is 1.41. The molecule has 2 aromatic carbocycles. The van der Waals surface area contributed by atoms with Crippen LogP contribution in [0.15, 0.2) is 36.4 Å². The van der Waals surface area contributed by atoms with Crippen LogP contribution in [0.4, 0.5) is 27.6 Å². The van der Waals surface area contributed by atoms with Gasteiger partial charge in [-0.1, -0.05) is 12.1 Å². The van der Waals surface area contributed by atoms with E-state index in [1.807, 2.05) is 30.6 Å². The molecular formula is C34H42F5N3O4. The standard InChI is InChI=1S/C34H42F5N3O4/c1-32(2,3)42-19-27(26-8-6-24(46-4)18-28(26)35)33(36,20-42)31(45)41-15-9-21(10-16-41)25-7-5-23(34(37,38)39)17-29(25)40-13-11-22(12-14-40)30(43)44/h5-8,17-18,21-22,27H,9-16,19-20H2,1-4H3,(H,43,44)/t27-,33-/m0/s1. The van der Waals surface area contributed by atoms with E-state index in [1.54, 1.807) is 6.07 Å². The number of carbonyl (C=O) groups excluding carboxylic acids is 1. The third-order valence-electron chi connectivity index (χ3n) is 10.0. The summed E-state index contributed by atoms with van der Waals surface area (Å²) in [6.45, 7) is 6.75. The quantitative estimate of drug-likeness (QED) is 0.362. The molecule has 12 heteroatoms. The minimum absolute atomic E-state index is 0.111. The largest absolute Gasteiger partial charge is 0.497 e. The Morgan fingerprint density at radius 1 is 0.935 bits per heavy atom. The summed E-state index contributed by atoms with van der Waals surface area (Å²) in [6, 6.07) is 7.91. The highest BCUT2D eigenvalue weighted by molar-refractivity contribution is 5.87. The average Bonchev–Trinajstić information content (AvgIpc) is 3.38. The number of anilines is 1. The molecular weight excluding hydrogens is 609 g/mol. The maximum Gasteiger partial charge on any atom is 0.416 e. The molecule has 0 radical (unpaired) electrons. The van der Waals surface area contributed by atoms with Crippen LogP contribution in [0.1, 0.15) is 75.0 Å². The third-order valence-corrected chi connectivity index (χ3v) is 10.0. The smallest absolute Gasteiger partial charge is 0.416 e. The number of aliphatic carboxylic acids is 1. The van der Waals surface area contributed by atoms with E-state index >= 15 is 8.78 Å². The molecule has 0 aromatic heterocycles. The van der Waals surface area contributed by atoms with Gasteiger partial charge in [0, 0.05) is 62.5 Å². The van der Waals surface area contributed by atoms with E-state index in [9.17, 15) is 27.9 Å². The van der Waals surface area contributed by atoms with Crippen LogP contribution in [0.3, 0.4) is 0 Å². The maximum absolute atomic E-state index is 17.2. The number of piperidine rings is 2. The van der Waals surface area contributed by atoms with E-state index in [0.717, 1.165) is 12.1 Å². The van der Waals surface area contributed by atoms with E-state index in [1.165, 1.54) is 30.2 Å². The predicted octanol–water partition coefficient (Wildman–Crippen LogP) is 6.47. The number of ether oxygens (including phenoxy) is 1. The number of alkyl halides is 4. The molecule has 1 amide bonds. The first kappa shape index (κ1) is 33.9. The number of halogens is 5. The Balaban J connectivity index is 1.37. The molecule has 3 saturated heterocycles.